The standard InChI is InChI=1S/C29H24IN3O5S2.C2HF3O2/c1-38-29(35)26(17-20-18-31-25-6-3-2-5-24(20)25)33-40(36,37)23-14-12-22(13-15-23)32-28(34)19-8-10-21(11-9-19)30-27-7-4-16-39-27;3-2(4,5)1(6)7/h2-16,18,26,31,33H,17H2,1H3;(H,6,7)/t26-;/m1./s1. The number of thiophene rings is 1. The van der Waals surface area contributed by atoms with Gasteiger partial charge in [-0.3, -0.25) is 9.59 Å². The van der Waals surface area contributed by atoms with Gasteiger partial charge in [-0.15, -0.1) is 0 Å². The molecule has 0 saturated heterocycles. The predicted molar refractivity (Wildman–Crippen MR) is 162 cm³/mol. The Hall–Kier alpha value is -4.26. The van der Waals surface area contributed by atoms with Crippen molar-refractivity contribution in [2.24, 2.45) is 0 Å². The lowest BCUT2D eigenvalue weighted by Gasteiger charge is -2.17. The van der Waals surface area contributed by atoms with Gasteiger partial charge in [-0.25, -0.2) is 8.42 Å². The Labute approximate surface area is 281 Å². The highest BCUT2D eigenvalue weighted by Gasteiger charge is 2.29. The maximum atomic E-state index is 13.1. The molecule has 5 rings (SSSR count). The van der Waals surface area contributed by atoms with E-state index in [2.05, 4.69) is 26.5 Å². The van der Waals surface area contributed by atoms with E-state index in [1.54, 1.807) is 29.7 Å². The number of benzene rings is 3. The number of aromatic nitrogens is 1. The Kier molecular flexibility index (Phi) is 11.8. The van der Waals surface area contributed by atoms with Crippen LogP contribution in [0.5, 0.6) is 0 Å². The monoisotopic (exact) mass is 799 g/mol. The second kappa shape index (κ2) is 15.6. The molecule has 3 N–H and O–H groups in total. The van der Waals surface area contributed by atoms with Crippen molar-refractivity contribution in [2.75, 3.05) is 12.4 Å². The van der Waals surface area contributed by atoms with Crippen LogP contribution in [0.2, 0.25) is 0 Å². The van der Waals surface area contributed by atoms with Gasteiger partial charge in [0.15, 0.2) is 3.57 Å². The van der Waals surface area contributed by atoms with Crippen molar-refractivity contribution in [2.45, 2.75) is 23.5 Å². The smallest absolute Gasteiger partial charge is 0.430 e. The Morgan fingerprint density at radius 1 is 0.979 bits per heavy atom. The van der Waals surface area contributed by atoms with Crippen molar-refractivity contribution in [3.8, 4) is 0 Å². The van der Waals surface area contributed by atoms with Gasteiger partial charge in [-0.1, -0.05) is 29.5 Å². The maximum absolute atomic E-state index is 13.1. The second-order valence-corrected chi connectivity index (χ2v) is 15.9. The van der Waals surface area contributed by atoms with E-state index >= 15 is 0 Å². The molecule has 246 valence electrons. The number of hydrogen-bond donors (Lipinski definition) is 3. The number of carbonyl (C=O) groups excluding carboxylic acids is 3. The van der Waals surface area contributed by atoms with E-state index in [1.165, 1.54) is 37.8 Å². The van der Waals surface area contributed by atoms with Gasteiger partial charge in [-0.05, 0) is 71.6 Å². The lowest BCUT2D eigenvalue weighted by Crippen LogP contribution is -3.61. The number of fused-ring (bicyclic) bond motifs is 1. The summed E-state index contributed by atoms with van der Waals surface area (Å²) in [6.07, 6.45) is -3.33. The number of rotatable bonds is 10. The van der Waals surface area contributed by atoms with Gasteiger partial charge < -0.3 is 24.9 Å². The zero-order valence-electron chi connectivity index (χ0n) is 24.2. The minimum atomic E-state index is -5.19. The van der Waals surface area contributed by atoms with E-state index in [0.29, 0.717) is 11.3 Å². The minimum absolute atomic E-state index is 0.0415. The Balaban J connectivity index is 0.000000644. The summed E-state index contributed by atoms with van der Waals surface area (Å²) >= 11 is 1.47. The molecule has 0 aliphatic carbocycles. The van der Waals surface area contributed by atoms with Crippen LogP contribution in [0.25, 0.3) is 10.9 Å². The summed E-state index contributed by atoms with van der Waals surface area (Å²) in [5.74, 6) is -3.99. The molecule has 5 aromatic rings. The summed E-state index contributed by atoms with van der Waals surface area (Å²) in [6, 6.07) is 23.9. The molecular weight excluding hydrogens is 774 g/mol. The van der Waals surface area contributed by atoms with Crippen LogP contribution < -0.4 is 36.4 Å². The van der Waals surface area contributed by atoms with Crippen molar-refractivity contribution < 1.29 is 67.0 Å². The molecule has 0 saturated carbocycles. The Bertz CT molecular complexity index is 1950. The first-order chi connectivity index (χ1) is 22.3. The molecule has 0 bridgehead atoms. The molecule has 2 aromatic heterocycles. The quantitative estimate of drug-likeness (QED) is 0.141. The summed E-state index contributed by atoms with van der Waals surface area (Å²) in [5, 5.41) is 14.5. The zero-order valence-corrected chi connectivity index (χ0v) is 28.0. The number of amides is 1. The maximum Gasteiger partial charge on any atom is 0.430 e. The first-order valence-corrected chi connectivity index (χ1v) is 17.9. The highest BCUT2D eigenvalue weighted by Crippen LogP contribution is 2.21. The Morgan fingerprint density at radius 3 is 2.23 bits per heavy atom. The fourth-order valence-corrected chi connectivity index (χ4v) is 8.91. The molecule has 47 heavy (non-hydrogen) atoms. The number of esters is 1. The number of aliphatic carboxylic acids is 1. The number of hydrogen-bond acceptors (Lipinski definition) is 8. The summed E-state index contributed by atoms with van der Waals surface area (Å²) in [7, 11) is -2.85. The summed E-state index contributed by atoms with van der Waals surface area (Å²) in [4.78, 5) is 37.1. The number of halogens is 4. The third-order valence-corrected chi connectivity index (χ3v) is 12.0. The molecule has 0 fully saturated rings. The number of para-hydroxylation sites is 1. The first kappa shape index (κ1) is 35.6. The van der Waals surface area contributed by atoms with E-state index in [1.807, 2.05) is 42.5 Å². The van der Waals surface area contributed by atoms with Gasteiger partial charge in [0.25, 0.3) is 5.91 Å². The molecular formula is C31H25F3IN3O7S2. The van der Waals surface area contributed by atoms with Crippen LogP contribution in [-0.2, 0) is 30.8 Å². The topological polar surface area (TPSA) is 157 Å². The number of alkyl halides is 3. The third kappa shape index (κ3) is 9.87. The number of methoxy groups -OCH3 is 1. The fraction of sp³-hybridized carbons (Fsp3) is 0.129. The molecule has 1 amide bonds. The molecule has 1 atom stereocenters. The summed E-state index contributed by atoms with van der Waals surface area (Å²) < 4.78 is 67.8. The predicted octanol–water partition coefficient (Wildman–Crippen LogP) is 0.971. The van der Waals surface area contributed by atoms with E-state index in [0.717, 1.165) is 16.5 Å². The van der Waals surface area contributed by atoms with Crippen molar-refractivity contribution in [3.05, 3.63) is 114 Å². The fourth-order valence-electron chi connectivity index (χ4n) is 4.10. The lowest BCUT2D eigenvalue weighted by atomic mass is 10.1. The average Bonchev–Trinajstić information content (AvgIpc) is 3.71. The van der Waals surface area contributed by atoms with E-state index in [-0.39, 0.29) is 38.4 Å². The number of ether oxygens (including phenoxy) is 1. The van der Waals surface area contributed by atoms with Gasteiger partial charge in [0.2, 0.25) is 12.9 Å². The number of nitrogens with one attached hydrogen (secondary N) is 3. The molecule has 0 aliphatic heterocycles. The number of H-pyrrole nitrogens is 1. The zero-order chi connectivity index (χ0) is 34.2. The van der Waals surface area contributed by atoms with Crippen molar-refractivity contribution in [1.82, 2.24) is 9.71 Å². The molecule has 3 aromatic carbocycles. The molecule has 0 radical (unpaired) electrons. The van der Waals surface area contributed by atoms with Gasteiger partial charge in [0.1, 0.15) is 12.0 Å². The van der Waals surface area contributed by atoms with Gasteiger partial charge in [-0.2, -0.15) is 17.9 Å². The van der Waals surface area contributed by atoms with Crippen LogP contribution >= 0.6 is 11.3 Å². The number of carboxylic acid groups (broad SMARTS) is 1. The normalized spacial score (nSPS) is 12.1. The van der Waals surface area contributed by atoms with Gasteiger partial charge in [0.05, 0.1) is 12.0 Å². The first-order valence-electron chi connectivity index (χ1n) is 13.4. The average molecular weight is 800 g/mol. The third-order valence-electron chi connectivity index (χ3n) is 6.33. The van der Waals surface area contributed by atoms with Crippen LogP contribution in [-0.4, -0.2) is 50.6 Å². The van der Waals surface area contributed by atoms with Crippen LogP contribution in [0.15, 0.2) is 101 Å². The molecule has 0 unspecified atom stereocenters. The van der Waals surface area contributed by atoms with E-state index in [9.17, 15) is 31.2 Å². The number of sulfonamides is 1. The van der Waals surface area contributed by atoms with Crippen molar-refractivity contribution in [1.29, 1.82) is 0 Å². The Morgan fingerprint density at radius 2 is 1.64 bits per heavy atom. The molecule has 2 heterocycles. The van der Waals surface area contributed by atoms with Crippen LogP contribution in [0, 0.1) is 6.45 Å². The van der Waals surface area contributed by atoms with Crippen LogP contribution in [0.1, 0.15) is 15.9 Å². The molecule has 10 nitrogen and oxygen atoms in total. The lowest BCUT2D eigenvalue weighted by molar-refractivity contribution is -0.591. The van der Waals surface area contributed by atoms with Crippen LogP contribution in [0.4, 0.5) is 18.9 Å². The SMILES string of the molecule is COC(=O)[C@@H](Cc1c[nH]c2ccccc12)NS(=O)(=O)c1ccc(NC(=O)c2ccc([I+]c3cccs3)cc2)cc1.O=C([O-])C(F)(F)F. The summed E-state index contributed by atoms with van der Waals surface area (Å²) in [5.41, 5.74) is 2.63. The van der Waals surface area contributed by atoms with E-state index < -0.39 is 34.2 Å². The van der Waals surface area contributed by atoms with E-state index in [4.69, 9.17) is 14.6 Å². The second-order valence-electron chi connectivity index (χ2n) is 9.54. The van der Waals surface area contributed by atoms with Gasteiger partial charge >= 0.3 is 33.4 Å². The molecule has 16 heteroatoms. The minimum Gasteiger partial charge on any atom is -0.542 e. The number of carboxylic acids is 1. The molecule has 0 aliphatic rings. The highest BCUT2D eigenvalue weighted by molar-refractivity contribution is 7.89. The summed E-state index contributed by atoms with van der Waals surface area (Å²) in [6.45, 7) is 0. The number of aromatic amines is 1. The van der Waals surface area contributed by atoms with Crippen molar-refractivity contribution >= 4 is 55.8 Å². The highest BCUT2D eigenvalue weighted by atomic mass is 127. The number of anilines is 1. The van der Waals surface area contributed by atoms with Gasteiger partial charge in [0, 0.05) is 40.8 Å². The van der Waals surface area contributed by atoms with Crippen molar-refractivity contribution in [3.63, 3.8) is 0 Å². The largest absolute Gasteiger partial charge is 0.542 e. The molecule has 0 spiro atoms. The number of carbonyl (C=O) groups is 3. The van der Waals surface area contributed by atoms with Crippen LogP contribution in [0.3, 0.4) is 0 Å².